The van der Waals surface area contributed by atoms with Crippen LogP contribution in [0.3, 0.4) is 0 Å². The van der Waals surface area contributed by atoms with Crippen molar-refractivity contribution >= 4 is 47.1 Å². The smallest absolute Gasteiger partial charge is 0.307 e. The standard InChI is InChI=1S/C53H82N4O12/c1-10-33(4)48(43(68-8)31-45(61)56-26-18-21-40(56)50(69-9)35(6)42(59)30-38(53(66)67)28-36-19-14-13-15-20-36)55(7)52(65)47(32(2)3)54-51(64)49-37-24-25-39(29-37)57(49)44(60)23-17-12-11-16-22-41(58)34(5)27-46(62)63/h13-15,19-20,32-35,37-40,43,47-50H,10-12,16-18,21-31H2,1-9H3,(H,54,64)(H,62,63)(H,66,67)/t33-,34?,35-,37-,38+,39-,40-,43+,47-,48-,49-,50+/m0/s1. The molecule has 0 aromatic heterocycles. The number of carboxylic acid groups (broad SMARTS) is 2. The molecule has 2 heterocycles. The maximum atomic E-state index is 14.7. The summed E-state index contributed by atoms with van der Waals surface area (Å²) in [5.74, 6) is -5.88. The first kappa shape index (κ1) is 56.9. The van der Waals surface area contributed by atoms with Crippen molar-refractivity contribution in [3.63, 3.8) is 0 Å². The van der Waals surface area contributed by atoms with Crippen LogP contribution in [0, 0.1) is 35.5 Å². The van der Waals surface area contributed by atoms with Crippen LogP contribution in [-0.4, -0.2) is 142 Å². The number of piperidine rings is 1. The number of nitrogens with zero attached hydrogens (tertiary/aromatic N) is 3. The van der Waals surface area contributed by atoms with Gasteiger partial charge in [0.25, 0.3) is 0 Å². The Labute approximate surface area is 410 Å². The van der Waals surface area contributed by atoms with Crippen molar-refractivity contribution in [2.45, 2.75) is 187 Å². The average molecular weight is 967 g/mol. The summed E-state index contributed by atoms with van der Waals surface area (Å²) in [5.41, 5.74) is 0.828. The number of carbonyl (C=O) groups excluding carboxylic acids is 6. The van der Waals surface area contributed by atoms with Crippen LogP contribution < -0.4 is 5.32 Å². The Morgan fingerprint density at radius 3 is 2.07 bits per heavy atom. The van der Waals surface area contributed by atoms with Gasteiger partial charge >= 0.3 is 11.9 Å². The van der Waals surface area contributed by atoms with Gasteiger partial charge in [-0.15, -0.1) is 0 Å². The van der Waals surface area contributed by atoms with Crippen LogP contribution >= 0.6 is 0 Å². The van der Waals surface area contributed by atoms with E-state index >= 15 is 0 Å². The minimum Gasteiger partial charge on any atom is -0.481 e. The summed E-state index contributed by atoms with van der Waals surface area (Å²) >= 11 is 0. The van der Waals surface area contributed by atoms with Crippen molar-refractivity contribution < 1.29 is 58.0 Å². The number of benzene rings is 1. The third kappa shape index (κ3) is 15.2. The third-order valence-corrected chi connectivity index (χ3v) is 15.4. The number of amides is 4. The molecule has 1 aliphatic carbocycles. The normalized spacial score (nSPS) is 22.3. The Morgan fingerprint density at radius 2 is 1.48 bits per heavy atom. The van der Waals surface area contributed by atoms with E-state index in [2.05, 4.69) is 5.32 Å². The van der Waals surface area contributed by atoms with Crippen molar-refractivity contribution in [2.24, 2.45) is 35.5 Å². The van der Waals surface area contributed by atoms with Crippen molar-refractivity contribution in [1.82, 2.24) is 20.0 Å². The van der Waals surface area contributed by atoms with Crippen molar-refractivity contribution in [3.8, 4) is 0 Å². The molecule has 386 valence electrons. The van der Waals surface area contributed by atoms with Gasteiger partial charge in [-0.05, 0) is 74.7 Å². The lowest BCUT2D eigenvalue weighted by molar-refractivity contribution is -0.149. The molecule has 3 fully saturated rings. The second kappa shape index (κ2) is 27.1. The van der Waals surface area contributed by atoms with Gasteiger partial charge in [-0.25, -0.2) is 0 Å². The average Bonchev–Trinajstić information content (AvgIpc) is 4.09. The van der Waals surface area contributed by atoms with E-state index < -0.39 is 66.1 Å². The molecule has 16 heteroatoms. The summed E-state index contributed by atoms with van der Waals surface area (Å²) in [4.78, 5) is 111. The lowest BCUT2D eigenvalue weighted by Gasteiger charge is -2.41. The number of hydrogen-bond acceptors (Lipinski definition) is 10. The van der Waals surface area contributed by atoms with Crippen LogP contribution in [-0.2, 0) is 54.3 Å². The number of likely N-dealkylation sites (N-methyl/N-ethyl adjacent to an activating group) is 1. The maximum absolute atomic E-state index is 14.7. The Morgan fingerprint density at radius 1 is 0.812 bits per heavy atom. The zero-order chi connectivity index (χ0) is 51.1. The predicted octanol–water partition coefficient (Wildman–Crippen LogP) is 6.35. The van der Waals surface area contributed by atoms with Gasteiger partial charge in [-0.3, -0.25) is 38.4 Å². The fourth-order valence-corrected chi connectivity index (χ4v) is 11.3. The van der Waals surface area contributed by atoms with Crippen LogP contribution in [0.4, 0.5) is 0 Å². The highest BCUT2D eigenvalue weighted by Gasteiger charge is 2.52. The molecule has 3 aliphatic rings. The van der Waals surface area contributed by atoms with Crippen molar-refractivity contribution in [1.29, 1.82) is 0 Å². The molecular formula is C53H82N4O12. The summed E-state index contributed by atoms with van der Waals surface area (Å²) in [6, 6.07) is 6.57. The number of ketones is 2. The highest BCUT2D eigenvalue weighted by molar-refractivity contribution is 5.93. The second-order valence-corrected chi connectivity index (χ2v) is 20.6. The maximum Gasteiger partial charge on any atom is 0.307 e. The number of carboxylic acids is 2. The molecule has 0 radical (unpaired) electrons. The van der Waals surface area contributed by atoms with E-state index in [0.717, 1.165) is 37.7 Å². The predicted molar refractivity (Wildman–Crippen MR) is 260 cm³/mol. The summed E-state index contributed by atoms with van der Waals surface area (Å²) < 4.78 is 12.0. The zero-order valence-electron chi connectivity index (χ0n) is 42.7. The van der Waals surface area contributed by atoms with Gasteiger partial charge in [-0.2, -0.15) is 0 Å². The fourth-order valence-electron chi connectivity index (χ4n) is 11.3. The minimum atomic E-state index is -1.05. The Bertz CT molecular complexity index is 1910. The molecule has 3 N–H and O–H groups in total. The van der Waals surface area contributed by atoms with E-state index in [1.807, 2.05) is 58.0 Å². The first-order valence-electron chi connectivity index (χ1n) is 25.5. The number of likely N-dealkylation sites (tertiary alicyclic amines) is 2. The van der Waals surface area contributed by atoms with E-state index in [1.54, 1.807) is 35.6 Å². The fraction of sp³-hybridized carbons (Fsp3) is 0.736. The number of fused-ring (bicyclic) bond motifs is 2. The molecule has 1 saturated carbocycles. The SMILES string of the molecule is CC[C@H](C)[C@@H]([C@@H](CC(=O)N1CCC[C@H]1[C@H](OC)[C@@H](C)C(=O)C[C@@H](Cc1ccccc1)C(=O)O)OC)N(C)C(=O)[C@@H](NC(=O)[C@@H]1[C@H]2CC[C@@H](C2)N1C(=O)CCCCCCC(=O)C(C)CC(=O)O)C(C)C. The first-order chi connectivity index (χ1) is 32.7. The molecule has 2 bridgehead atoms. The van der Waals surface area contributed by atoms with E-state index in [-0.39, 0.29) is 91.1 Å². The molecule has 2 aliphatic heterocycles. The summed E-state index contributed by atoms with van der Waals surface area (Å²) in [6.07, 6.45) is 6.02. The van der Waals surface area contributed by atoms with Gasteiger partial charge in [0.15, 0.2) is 0 Å². The lowest BCUT2D eigenvalue weighted by Crippen LogP contribution is -2.60. The Kier molecular flexibility index (Phi) is 22.3. The minimum absolute atomic E-state index is 0.00957. The molecule has 4 amide bonds. The highest BCUT2D eigenvalue weighted by atomic mass is 16.5. The number of rotatable bonds is 30. The largest absolute Gasteiger partial charge is 0.481 e. The molecule has 2 saturated heterocycles. The number of unbranched alkanes of at least 4 members (excludes halogenated alkanes) is 3. The molecule has 12 atom stereocenters. The van der Waals surface area contributed by atoms with E-state index in [0.29, 0.717) is 45.1 Å². The molecule has 69 heavy (non-hydrogen) atoms. The van der Waals surface area contributed by atoms with Crippen LogP contribution in [0.5, 0.6) is 0 Å². The molecule has 1 aromatic rings. The highest BCUT2D eigenvalue weighted by Crippen LogP contribution is 2.43. The van der Waals surface area contributed by atoms with Gasteiger partial charge in [0.1, 0.15) is 23.7 Å². The quantitative estimate of drug-likeness (QED) is 0.0719. The van der Waals surface area contributed by atoms with Gasteiger partial charge < -0.3 is 39.7 Å². The molecule has 16 nitrogen and oxygen atoms in total. The van der Waals surface area contributed by atoms with E-state index in [9.17, 15) is 43.5 Å². The van der Waals surface area contributed by atoms with E-state index in [1.165, 1.54) is 14.2 Å². The topological polar surface area (TPSA) is 217 Å². The summed E-state index contributed by atoms with van der Waals surface area (Å²) in [5, 5.41) is 22.1. The lowest BCUT2D eigenvalue weighted by atomic mass is 9.85. The number of Topliss-reactive ketones (excluding diaryl/α,β-unsaturated/α-hetero) is 2. The molecule has 4 rings (SSSR count). The van der Waals surface area contributed by atoms with Crippen LogP contribution in [0.15, 0.2) is 30.3 Å². The number of aliphatic carboxylic acids is 2. The first-order valence-corrected chi connectivity index (χ1v) is 25.5. The van der Waals surface area contributed by atoms with Gasteiger partial charge in [0.2, 0.25) is 23.6 Å². The van der Waals surface area contributed by atoms with Crippen molar-refractivity contribution in [2.75, 3.05) is 27.8 Å². The number of ether oxygens (including phenoxy) is 2. The Balaban J connectivity index is 1.40. The van der Waals surface area contributed by atoms with Crippen LogP contribution in [0.1, 0.15) is 143 Å². The summed E-state index contributed by atoms with van der Waals surface area (Å²) in [7, 11) is 4.72. The van der Waals surface area contributed by atoms with Crippen LogP contribution in [0.25, 0.3) is 0 Å². The van der Waals surface area contributed by atoms with Gasteiger partial charge in [0, 0.05) is 65.0 Å². The van der Waals surface area contributed by atoms with Crippen LogP contribution in [0.2, 0.25) is 0 Å². The number of hydrogen-bond donors (Lipinski definition) is 3. The molecular weight excluding hydrogens is 885 g/mol. The zero-order valence-corrected chi connectivity index (χ0v) is 42.7. The van der Waals surface area contributed by atoms with Gasteiger partial charge in [-0.1, -0.05) is 91.1 Å². The van der Waals surface area contributed by atoms with Gasteiger partial charge in [0.05, 0.1) is 43.1 Å². The third-order valence-electron chi connectivity index (χ3n) is 15.4. The Hall–Kier alpha value is -4.70. The molecule has 1 unspecified atom stereocenters. The summed E-state index contributed by atoms with van der Waals surface area (Å²) in [6.45, 7) is 11.6. The molecule has 1 aromatic carbocycles. The molecule has 0 spiro atoms. The van der Waals surface area contributed by atoms with E-state index in [4.69, 9.17) is 14.6 Å². The van der Waals surface area contributed by atoms with Crippen molar-refractivity contribution in [3.05, 3.63) is 35.9 Å². The number of nitrogens with one attached hydrogen (secondary N) is 1. The second-order valence-electron chi connectivity index (χ2n) is 20.6. The number of methoxy groups -OCH3 is 2. The monoisotopic (exact) mass is 967 g/mol. The number of carbonyl (C=O) groups is 8.